The summed E-state index contributed by atoms with van der Waals surface area (Å²) in [6, 6.07) is 16.0. The van der Waals surface area contributed by atoms with E-state index in [-0.39, 0.29) is 11.9 Å². The van der Waals surface area contributed by atoms with Crippen molar-refractivity contribution in [2.45, 2.75) is 25.5 Å². The second-order valence-electron chi connectivity index (χ2n) is 7.75. The van der Waals surface area contributed by atoms with Crippen molar-refractivity contribution in [3.8, 4) is 22.5 Å². The van der Waals surface area contributed by atoms with Crippen molar-refractivity contribution >= 4 is 23.2 Å². The lowest BCUT2D eigenvalue weighted by atomic mass is 10.0. The Bertz CT molecular complexity index is 1220. The van der Waals surface area contributed by atoms with Crippen LogP contribution in [0.4, 0.5) is 4.39 Å². The van der Waals surface area contributed by atoms with Crippen LogP contribution in [-0.2, 0) is 17.8 Å². The van der Waals surface area contributed by atoms with E-state index in [4.69, 9.17) is 32.9 Å². The summed E-state index contributed by atoms with van der Waals surface area (Å²) < 4.78 is 21.8. The fraction of sp³-hybridized carbons (Fsp3) is 0.200. The molecule has 3 heterocycles. The maximum Gasteiger partial charge on any atom is 0.123 e. The van der Waals surface area contributed by atoms with Crippen LogP contribution >= 0.6 is 23.2 Å². The third-order valence-electron chi connectivity index (χ3n) is 5.74. The lowest BCUT2D eigenvalue weighted by Gasteiger charge is -2.18. The molecule has 2 aromatic heterocycles. The third-order valence-corrected chi connectivity index (χ3v) is 6.45. The Balaban J connectivity index is 1.47. The van der Waals surface area contributed by atoms with Crippen molar-refractivity contribution < 1.29 is 9.13 Å². The standard InChI is InChI=1S/C25H20Cl2FN3O/c26-21-2-1-3-22(27)20(21)15-32-14-19-8-9-23-30-24(16-4-6-18(28)7-5-16)25(31(19)23)17-10-12-29-13-11-17/h1-7,10-13,19H,8-9,14-15H2. The third kappa shape index (κ3) is 4.04. The van der Waals surface area contributed by atoms with Gasteiger partial charge in [0.05, 0.1) is 30.6 Å². The molecule has 2 aromatic carbocycles. The molecule has 0 fully saturated rings. The van der Waals surface area contributed by atoms with E-state index in [1.165, 1.54) is 12.1 Å². The van der Waals surface area contributed by atoms with E-state index in [1.54, 1.807) is 24.5 Å². The Kier molecular flexibility index (Phi) is 5.96. The van der Waals surface area contributed by atoms with Gasteiger partial charge >= 0.3 is 0 Å². The molecular weight excluding hydrogens is 448 g/mol. The Hall–Kier alpha value is -2.73. The fourth-order valence-electron chi connectivity index (χ4n) is 4.19. The van der Waals surface area contributed by atoms with Gasteiger partial charge in [0.15, 0.2) is 0 Å². The van der Waals surface area contributed by atoms with Gasteiger partial charge in [-0.2, -0.15) is 0 Å². The molecule has 162 valence electrons. The van der Waals surface area contributed by atoms with Crippen molar-refractivity contribution in [1.29, 1.82) is 0 Å². The van der Waals surface area contributed by atoms with Crippen LogP contribution in [0, 0.1) is 5.82 Å². The highest BCUT2D eigenvalue weighted by Gasteiger charge is 2.30. The molecule has 5 rings (SSSR count). The maximum atomic E-state index is 13.5. The Morgan fingerprint density at radius 1 is 0.969 bits per heavy atom. The van der Waals surface area contributed by atoms with Crippen LogP contribution in [0.1, 0.15) is 23.9 Å². The monoisotopic (exact) mass is 467 g/mol. The first kappa shape index (κ1) is 21.1. The minimum Gasteiger partial charge on any atom is -0.375 e. The number of nitrogens with zero attached hydrogens (tertiary/aromatic N) is 3. The topological polar surface area (TPSA) is 39.9 Å². The van der Waals surface area contributed by atoms with Gasteiger partial charge in [0.2, 0.25) is 0 Å². The first-order valence-corrected chi connectivity index (χ1v) is 11.2. The summed E-state index contributed by atoms with van der Waals surface area (Å²) in [6.45, 7) is 0.848. The fourth-order valence-corrected chi connectivity index (χ4v) is 4.70. The number of aromatic nitrogens is 3. The van der Waals surface area contributed by atoms with Gasteiger partial charge in [-0.15, -0.1) is 0 Å². The van der Waals surface area contributed by atoms with Gasteiger partial charge in [-0.3, -0.25) is 4.98 Å². The molecule has 4 aromatic rings. The smallest absolute Gasteiger partial charge is 0.123 e. The molecule has 0 N–H and O–H groups in total. The van der Waals surface area contributed by atoms with Crippen molar-refractivity contribution in [1.82, 2.24) is 14.5 Å². The molecule has 0 saturated heterocycles. The maximum absolute atomic E-state index is 13.5. The molecule has 0 amide bonds. The van der Waals surface area contributed by atoms with Gasteiger partial charge in [-0.1, -0.05) is 29.3 Å². The van der Waals surface area contributed by atoms with Crippen LogP contribution in [-0.4, -0.2) is 21.1 Å². The van der Waals surface area contributed by atoms with Gasteiger partial charge in [-0.05, 0) is 55.0 Å². The van der Waals surface area contributed by atoms with E-state index in [9.17, 15) is 4.39 Å². The van der Waals surface area contributed by atoms with Crippen LogP contribution in [0.2, 0.25) is 10.0 Å². The van der Waals surface area contributed by atoms with E-state index in [0.717, 1.165) is 46.7 Å². The summed E-state index contributed by atoms with van der Waals surface area (Å²) in [5.41, 5.74) is 4.52. The van der Waals surface area contributed by atoms with Crippen LogP contribution in [0.15, 0.2) is 67.0 Å². The quantitative estimate of drug-likeness (QED) is 0.314. The normalized spacial score (nSPS) is 15.2. The number of ether oxygens (including phenoxy) is 1. The lowest BCUT2D eigenvalue weighted by molar-refractivity contribution is 0.0926. The summed E-state index contributed by atoms with van der Waals surface area (Å²) in [5, 5.41) is 1.20. The number of pyridine rings is 1. The number of fused-ring (bicyclic) bond motifs is 1. The summed E-state index contributed by atoms with van der Waals surface area (Å²) in [4.78, 5) is 9.09. The molecule has 1 aliphatic rings. The molecule has 0 saturated carbocycles. The molecule has 1 unspecified atom stereocenters. The zero-order valence-electron chi connectivity index (χ0n) is 17.1. The van der Waals surface area contributed by atoms with Crippen LogP contribution in [0.5, 0.6) is 0 Å². The Morgan fingerprint density at radius 3 is 2.41 bits per heavy atom. The van der Waals surface area contributed by atoms with E-state index in [2.05, 4.69) is 9.55 Å². The van der Waals surface area contributed by atoms with Crippen molar-refractivity contribution in [3.05, 3.63) is 94.2 Å². The molecule has 1 aliphatic heterocycles. The highest BCUT2D eigenvalue weighted by atomic mass is 35.5. The number of aryl methyl sites for hydroxylation is 1. The molecule has 1 atom stereocenters. The Morgan fingerprint density at radius 2 is 1.69 bits per heavy atom. The first-order valence-electron chi connectivity index (χ1n) is 10.4. The van der Waals surface area contributed by atoms with Crippen molar-refractivity contribution in [2.75, 3.05) is 6.61 Å². The largest absolute Gasteiger partial charge is 0.375 e. The molecule has 7 heteroatoms. The summed E-state index contributed by atoms with van der Waals surface area (Å²) >= 11 is 12.6. The average molecular weight is 468 g/mol. The van der Waals surface area contributed by atoms with Gasteiger partial charge in [0.1, 0.15) is 11.6 Å². The molecule has 0 aliphatic carbocycles. The molecule has 32 heavy (non-hydrogen) atoms. The highest BCUT2D eigenvalue weighted by molar-refractivity contribution is 6.35. The molecule has 0 spiro atoms. The first-order chi connectivity index (χ1) is 15.6. The zero-order valence-corrected chi connectivity index (χ0v) is 18.7. The van der Waals surface area contributed by atoms with E-state index in [0.29, 0.717) is 23.3 Å². The predicted molar refractivity (Wildman–Crippen MR) is 124 cm³/mol. The molecular formula is C25H20Cl2FN3O. The van der Waals surface area contributed by atoms with Crippen molar-refractivity contribution in [3.63, 3.8) is 0 Å². The molecule has 4 nitrogen and oxygen atoms in total. The number of rotatable bonds is 6. The molecule has 0 radical (unpaired) electrons. The number of halogens is 3. The van der Waals surface area contributed by atoms with Gasteiger partial charge in [-0.25, -0.2) is 9.37 Å². The average Bonchev–Trinajstić information content (AvgIpc) is 3.37. The van der Waals surface area contributed by atoms with Gasteiger partial charge < -0.3 is 9.30 Å². The number of hydrogen-bond donors (Lipinski definition) is 0. The van der Waals surface area contributed by atoms with E-state index < -0.39 is 0 Å². The summed E-state index contributed by atoms with van der Waals surface area (Å²) in [6.07, 6.45) is 5.31. The van der Waals surface area contributed by atoms with E-state index in [1.807, 2.05) is 30.3 Å². The molecule has 0 bridgehead atoms. The van der Waals surface area contributed by atoms with E-state index >= 15 is 0 Å². The second kappa shape index (κ2) is 9.02. The second-order valence-corrected chi connectivity index (χ2v) is 8.56. The van der Waals surface area contributed by atoms with Crippen LogP contribution in [0.25, 0.3) is 22.5 Å². The number of hydrogen-bond acceptors (Lipinski definition) is 3. The highest BCUT2D eigenvalue weighted by Crippen LogP contribution is 2.40. The summed E-state index contributed by atoms with van der Waals surface area (Å²) in [7, 11) is 0. The zero-order chi connectivity index (χ0) is 22.1. The summed E-state index contributed by atoms with van der Waals surface area (Å²) in [5.74, 6) is 0.732. The van der Waals surface area contributed by atoms with Crippen molar-refractivity contribution in [2.24, 2.45) is 0 Å². The number of imidazole rings is 1. The predicted octanol–water partition coefficient (Wildman–Crippen LogP) is 6.76. The number of benzene rings is 2. The SMILES string of the molecule is Fc1ccc(-c2nc3n(c2-c2ccncc2)C(COCc2c(Cl)cccc2Cl)CC3)cc1. The Labute approximate surface area is 195 Å². The van der Waals surface area contributed by atoms with Crippen LogP contribution < -0.4 is 0 Å². The van der Waals surface area contributed by atoms with Gasteiger partial charge in [0.25, 0.3) is 0 Å². The minimum atomic E-state index is -0.268. The minimum absolute atomic E-state index is 0.121. The van der Waals surface area contributed by atoms with Gasteiger partial charge in [0, 0.05) is 45.6 Å². The van der Waals surface area contributed by atoms with Crippen LogP contribution in [0.3, 0.4) is 0 Å². The lowest BCUT2D eigenvalue weighted by Crippen LogP contribution is -2.13.